The summed E-state index contributed by atoms with van der Waals surface area (Å²) in [7, 11) is 0. The van der Waals surface area contributed by atoms with Gasteiger partial charge in [-0.2, -0.15) is 0 Å². The first kappa shape index (κ1) is 13.8. The van der Waals surface area contributed by atoms with Crippen LogP contribution >= 0.6 is 0 Å². The Labute approximate surface area is 133 Å². The van der Waals surface area contributed by atoms with Crippen LogP contribution in [-0.4, -0.2) is 6.10 Å². The zero-order chi connectivity index (χ0) is 16.0. The molecule has 0 N–H and O–H groups in total. The minimum Gasteiger partial charge on any atom is -0.485 e. The van der Waals surface area contributed by atoms with E-state index in [1.165, 1.54) is 0 Å². The van der Waals surface area contributed by atoms with Crippen molar-refractivity contribution in [2.45, 2.75) is 19.4 Å². The second-order valence-corrected chi connectivity index (χ2v) is 5.92. The van der Waals surface area contributed by atoms with Crippen LogP contribution in [0.15, 0.2) is 69.9 Å². The van der Waals surface area contributed by atoms with Crippen molar-refractivity contribution in [3.8, 4) is 17.1 Å². The summed E-state index contributed by atoms with van der Waals surface area (Å²) in [5.74, 6) is 1.36. The van der Waals surface area contributed by atoms with Gasteiger partial charge in [0.2, 0.25) is 0 Å². The van der Waals surface area contributed by atoms with Crippen molar-refractivity contribution in [2.24, 2.45) is 0 Å². The fraction of sp³-hybridized carbons (Fsp3) is 0.150. The molecule has 2 heterocycles. The summed E-state index contributed by atoms with van der Waals surface area (Å²) in [6.45, 7) is 5.91. The topological polar surface area (TPSA) is 39.4 Å². The summed E-state index contributed by atoms with van der Waals surface area (Å²) in [6, 6.07) is 14.8. The third kappa shape index (κ3) is 2.25. The molecule has 0 aliphatic carbocycles. The number of fused-ring (bicyclic) bond motifs is 3. The van der Waals surface area contributed by atoms with E-state index in [0.717, 1.165) is 22.4 Å². The van der Waals surface area contributed by atoms with Crippen LogP contribution in [0.3, 0.4) is 0 Å². The van der Waals surface area contributed by atoms with Crippen molar-refractivity contribution in [3.63, 3.8) is 0 Å². The second kappa shape index (κ2) is 5.13. The Bertz CT molecular complexity index is 967. The molecular weight excluding hydrogens is 288 g/mol. The van der Waals surface area contributed by atoms with Crippen molar-refractivity contribution < 1.29 is 9.15 Å². The van der Waals surface area contributed by atoms with E-state index in [1.54, 1.807) is 12.1 Å². The minimum atomic E-state index is -0.0544. The number of benzene rings is 2. The van der Waals surface area contributed by atoms with Gasteiger partial charge in [-0.05, 0) is 24.6 Å². The third-order valence-electron chi connectivity index (χ3n) is 4.22. The lowest BCUT2D eigenvalue weighted by Gasteiger charge is -2.08. The average Bonchev–Trinajstić information content (AvgIpc) is 3.00. The summed E-state index contributed by atoms with van der Waals surface area (Å²) >= 11 is 0. The van der Waals surface area contributed by atoms with Crippen LogP contribution in [0.4, 0.5) is 0 Å². The highest BCUT2D eigenvalue weighted by molar-refractivity contribution is 5.84. The molecule has 1 atom stereocenters. The molecular formula is C20H16O3. The van der Waals surface area contributed by atoms with Crippen molar-refractivity contribution >= 4 is 11.0 Å². The zero-order valence-corrected chi connectivity index (χ0v) is 12.8. The first-order chi connectivity index (χ1) is 11.1. The van der Waals surface area contributed by atoms with Gasteiger partial charge in [0, 0.05) is 23.6 Å². The molecule has 1 aromatic heterocycles. The molecule has 1 aliphatic heterocycles. The Hall–Kier alpha value is -2.81. The SMILES string of the molecule is C=C(C)C1Cc2c(ccc3c(=O)cc(-c4ccccc4)oc23)O1. The van der Waals surface area contributed by atoms with Gasteiger partial charge in [0.1, 0.15) is 23.2 Å². The molecule has 0 saturated heterocycles. The fourth-order valence-electron chi connectivity index (χ4n) is 2.96. The van der Waals surface area contributed by atoms with E-state index in [4.69, 9.17) is 9.15 Å². The van der Waals surface area contributed by atoms with Crippen LogP contribution in [0.1, 0.15) is 12.5 Å². The number of hydrogen-bond acceptors (Lipinski definition) is 3. The van der Waals surface area contributed by atoms with Crippen molar-refractivity contribution in [3.05, 3.63) is 76.5 Å². The van der Waals surface area contributed by atoms with E-state index >= 15 is 0 Å². The molecule has 0 spiro atoms. The second-order valence-electron chi connectivity index (χ2n) is 5.92. The molecule has 23 heavy (non-hydrogen) atoms. The van der Waals surface area contributed by atoms with Gasteiger partial charge in [-0.15, -0.1) is 0 Å². The van der Waals surface area contributed by atoms with E-state index in [-0.39, 0.29) is 11.5 Å². The van der Waals surface area contributed by atoms with Crippen LogP contribution in [0.5, 0.6) is 5.75 Å². The normalized spacial score (nSPS) is 16.1. The summed E-state index contributed by atoms with van der Waals surface area (Å²) < 4.78 is 12.0. The largest absolute Gasteiger partial charge is 0.485 e. The summed E-state index contributed by atoms with van der Waals surface area (Å²) in [6.07, 6.45) is 0.629. The van der Waals surface area contributed by atoms with E-state index in [0.29, 0.717) is 23.2 Å². The predicted octanol–water partition coefficient (Wildman–Crippen LogP) is 4.34. The maximum atomic E-state index is 12.5. The van der Waals surface area contributed by atoms with Crippen LogP contribution in [0, 0.1) is 0 Å². The smallest absolute Gasteiger partial charge is 0.193 e. The van der Waals surface area contributed by atoms with Gasteiger partial charge in [-0.25, -0.2) is 0 Å². The summed E-state index contributed by atoms with van der Waals surface area (Å²) in [5.41, 5.74) is 3.39. The fourth-order valence-corrected chi connectivity index (χ4v) is 2.96. The van der Waals surface area contributed by atoms with Gasteiger partial charge in [-0.3, -0.25) is 4.79 Å². The van der Waals surface area contributed by atoms with Gasteiger partial charge in [0.15, 0.2) is 5.43 Å². The maximum absolute atomic E-state index is 12.5. The van der Waals surface area contributed by atoms with Gasteiger partial charge >= 0.3 is 0 Å². The molecule has 1 aliphatic rings. The lowest BCUT2D eigenvalue weighted by molar-refractivity contribution is 0.271. The molecule has 4 rings (SSSR count). The molecule has 1 unspecified atom stereocenters. The highest BCUT2D eigenvalue weighted by Crippen LogP contribution is 2.37. The van der Waals surface area contributed by atoms with Gasteiger partial charge in [-0.1, -0.05) is 36.9 Å². The lowest BCUT2D eigenvalue weighted by Crippen LogP contribution is -2.13. The van der Waals surface area contributed by atoms with Crippen LogP contribution < -0.4 is 10.2 Å². The molecule has 3 nitrogen and oxygen atoms in total. The van der Waals surface area contributed by atoms with Crippen LogP contribution in [-0.2, 0) is 6.42 Å². The number of rotatable bonds is 2. The van der Waals surface area contributed by atoms with E-state index in [1.807, 2.05) is 43.3 Å². The Morgan fingerprint density at radius 3 is 2.70 bits per heavy atom. The quantitative estimate of drug-likeness (QED) is 0.661. The third-order valence-corrected chi connectivity index (χ3v) is 4.22. The molecule has 114 valence electrons. The van der Waals surface area contributed by atoms with Crippen LogP contribution in [0.25, 0.3) is 22.3 Å². The van der Waals surface area contributed by atoms with Crippen molar-refractivity contribution in [1.82, 2.24) is 0 Å². The van der Waals surface area contributed by atoms with Gasteiger partial charge in [0.05, 0.1) is 5.39 Å². The standard InChI is InChI=1S/C20H16O3/c1-12(2)18-10-15-17(22-18)9-8-14-16(21)11-19(23-20(14)15)13-6-4-3-5-7-13/h3-9,11,18H,1,10H2,2H3. The Kier molecular flexibility index (Phi) is 3.08. The van der Waals surface area contributed by atoms with Crippen LogP contribution in [0.2, 0.25) is 0 Å². The highest BCUT2D eigenvalue weighted by atomic mass is 16.5. The van der Waals surface area contributed by atoms with Gasteiger partial charge in [0.25, 0.3) is 0 Å². The zero-order valence-electron chi connectivity index (χ0n) is 12.8. The monoisotopic (exact) mass is 304 g/mol. The summed E-state index contributed by atoms with van der Waals surface area (Å²) in [5, 5.41) is 0.592. The van der Waals surface area contributed by atoms with E-state index in [2.05, 4.69) is 6.58 Å². The first-order valence-electron chi connectivity index (χ1n) is 7.60. The predicted molar refractivity (Wildman–Crippen MR) is 90.9 cm³/mol. The lowest BCUT2D eigenvalue weighted by atomic mass is 10.0. The summed E-state index contributed by atoms with van der Waals surface area (Å²) in [4.78, 5) is 12.5. The number of ether oxygens (including phenoxy) is 1. The molecule has 3 aromatic rings. The van der Waals surface area contributed by atoms with E-state index < -0.39 is 0 Å². The first-order valence-corrected chi connectivity index (χ1v) is 7.60. The molecule has 0 saturated carbocycles. The average molecular weight is 304 g/mol. The van der Waals surface area contributed by atoms with Crippen molar-refractivity contribution in [1.29, 1.82) is 0 Å². The minimum absolute atomic E-state index is 0.0355. The molecule has 2 aromatic carbocycles. The Morgan fingerprint density at radius 1 is 1.17 bits per heavy atom. The van der Waals surface area contributed by atoms with E-state index in [9.17, 15) is 4.79 Å². The maximum Gasteiger partial charge on any atom is 0.193 e. The number of hydrogen-bond donors (Lipinski definition) is 0. The molecule has 0 fully saturated rings. The molecule has 0 bridgehead atoms. The van der Waals surface area contributed by atoms with Crippen molar-refractivity contribution in [2.75, 3.05) is 0 Å². The van der Waals surface area contributed by atoms with Gasteiger partial charge < -0.3 is 9.15 Å². The highest BCUT2D eigenvalue weighted by Gasteiger charge is 2.27. The Morgan fingerprint density at radius 2 is 1.96 bits per heavy atom. The molecule has 0 radical (unpaired) electrons. The Balaban J connectivity index is 1.94. The molecule has 0 amide bonds. The molecule has 3 heteroatoms.